The number of ether oxygens (including phenoxy) is 1. The minimum Gasteiger partial charge on any atom is -0.480 e. The van der Waals surface area contributed by atoms with Crippen LogP contribution in [-0.4, -0.2) is 54.4 Å². The van der Waals surface area contributed by atoms with Crippen molar-refractivity contribution in [1.82, 2.24) is 10.2 Å². The van der Waals surface area contributed by atoms with Crippen LogP contribution in [0.1, 0.15) is 40.0 Å². The van der Waals surface area contributed by atoms with E-state index in [1.54, 1.807) is 12.0 Å². The van der Waals surface area contributed by atoms with E-state index in [0.29, 0.717) is 19.6 Å². The first kappa shape index (κ1) is 17.7. The number of carbonyl (C=O) groups excluding carboxylic acids is 1. The Morgan fingerprint density at radius 1 is 1.37 bits per heavy atom. The van der Waals surface area contributed by atoms with Gasteiger partial charge in [0.1, 0.15) is 6.04 Å². The van der Waals surface area contributed by atoms with Gasteiger partial charge in [-0.1, -0.05) is 19.8 Å². The second kappa shape index (κ2) is 9.61. The summed E-state index contributed by atoms with van der Waals surface area (Å²) in [6.45, 7) is 6.63. The summed E-state index contributed by atoms with van der Waals surface area (Å²) < 4.78 is 4.95. The molecule has 2 amide bonds. The van der Waals surface area contributed by atoms with Gasteiger partial charge >= 0.3 is 12.0 Å². The molecule has 112 valence electrons. The van der Waals surface area contributed by atoms with Crippen LogP contribution in [0.4, 0.5) is 4.79 Å². The summed E-state index contributed by atoms with van der Waals surface area (Å²) >= 11 is 0. The third-order valence-electron chi connectivity index (χ3n) is 2.86. The molecule has 0 radical (unpaired) electrons. The van der Waals surface area contributed by atoms with E-state index in [1.807, 2.05) is 20.8 Å². The molecule has 6 heteroatoms. The van der Waals surface area contributed by atoms with Gasteiger partial charge < -0.3 is 20.1 Å². The zero-order chi connectivity index (χ0) is 14.8. The predicted molar refractivity (Wildman–Crippen MR) is 73.2 cm³/mol. The second-order valence-corrected chi connectivity index (χ2v) is 4.76. The molecule has 0 aromatic carbocycles. The average Bonchev–Trinajstić information content (AvgIpc) is 2.34. The van der Waals surface area contributed by atoms with Crippen LogP contribution in [0, 0.1) is 0 Å². The Kier molecular flexibility index (Phi) is 8.95. The number of amides is 2. The van der Waals surface area contributed by atoms with Crippen molar-refractivity contribution in [3.8, 4) is 0 Å². The van der Waals surface area contributed by atoms with Crippen molar-refractivity contribution in [2.75, 3.05) is 20.3 Å². The number of hydrogen-bond acceptors (Lipinski definition) is 3. The molecule has 2 N–H and O–H groups in total. The summed E-state index contributed by atoms with van der Waals surface area (Å²) in [4.78, 5) is 24.7. The lowest BCUT2D eigenvalue weighted by Gasteiger charge is -2.28. The molecule has 0 spiro atoms. The number of carboxylic acid groups (broad SMARTS) is 1. The normalized spacial score (nSPS) is 12.3. The number of aliphatic carboxylic acids is 1. The average molecular weight is 274 g/mol. The fourth-order valence-electron chi connectivity index (χ4n) is 1.68. The molecule has 0 unspecified atom stereocenters. The van der Waals surface area contributed by atoms with E-state index >= 15 is 0 Å². The zero-order valence-corrected chi connectivity index (χ0v) is 12.3. The lowest BCUT2D eigenvalue weighted by atomic mass is 10.1. The maximum absolute atomic E-state index is 12.1. The van der Waals surface area contributed by atoms with Crippen molar-refractivity contribution in [3.05, 3.63) is 0 Å². The summed E-state index contributed by atoms with van der Waals surface area (Å²) in [5.41, 5.74) is 0. The van der Waals surface area contributed by atoms with Gasteiger partial charge in [-0.3, -0.25) is 0 Å². The number of methoxy groups -OCH3 is 1. The van der Waals surface area contributed by atoms with Gasteiger partial charge in [0, 0.05) is 19.7 Å². The molecular weight excluding hydrogens is 248 g/mol. The molecule has 0 aliphatic heterocycles. The van der Waals surface area contributed by atoms with Gasteiger partial charge in [-0.05, 0) is 20.3 Å². The molecular formula is C13H26N2O4. The van der Waals surface area contributed by atoms with Crippen LogP contribution in [0.5, 0.6) is 0 Å². The maximum atomic E-state index is 12.1. The number of carboxylic acids is 1. The van der Waals surface area contributed by atoms with E-state index < -0.39 is 12.0 Å². The summed E-state index contributed by atoms with van der Waals surface area (Å²) in [6, 6.07) is -1.18. The van der Waals surface area contributed by atoms with E-state index in [0.717, 1.165) is 12.8 Å². The highest BCUT2D eigenvalue weighted by molar-refractivity contribution is 5.82. The first-order chi connectivity index (χ1) is 8.93. The number of unbranched alkanes of at least 4 members (excludes halogenated alkanes) is 1. The van der Waals surface area contributed by atoms with E-state index in [4.69, 9.17) is 9.84 Å². The van der Waals surface area contributed by atoms with Crippen molar-refractivity contribution >= 4 is 12.0 Å². The molecule has 0 aliphatic carbocycles. The van der Waals surface area contributed by atoms with Gasteiger partial charge in [-0.25, -0.2) is 9.59 Å². The topological polar surface area (TPSA) is 78.9 Å². The fourth-order valence-corrected chi connectivity index (χ4v) is 1.68. The Labute approximate surface area is 115 Å². The highest BCUT2D eigenvalue weighted by atomic mass is 16.5. The molecule has 0 saturated heterocycles. The van der Waals surface area contributed by atoms with Crippen LogP contribution >= 0.6 is 0 Å². The summed E-state index contributed by atoms with van der Waals surface area (Å²) in [7, 11) is 1.57. The molecule has 6 nitrogen and oxygen atoms in total. The van der Waals surface area contributed by atoms with E-state index in [-0.39, 0.29) is 12.1 Å². The fraction of sp³-hybridized carbons (Fsp3) is 0.846. The Morgan fingerprint density at radius 2 is 2.00 bits per heavy atom. The predicted octanol–water partition coefficient (Wildman–Crippen LogP) is 1.70. The molecule has 0 aromatic rings. The van der Waals surface area contributed by atoms with Gasteiger partial charge in [0.2, 0.25) is 0 Å². The smallest absolute Gasteiger partial charge is 0.326 e. The van der Waals surface area contributed by atoms with E-state index in [9.17, 15) is 9.59 Å². The molecule has 0 saturated carbocycles. The lowest BCUT2D eigenvalue weighted by Crippen LogP contribution is -2.51. The van der Waals surface area contributed by atoms with Crippen LogP contribution in [0.15, 0.2) is 0 Å². The van der Waals surface area contributed by atoms with Gasteiger partial charge in [0.05, 0.1) is 6.61 Å². The number of hydrogen-bond donors (Lipinski definition) is 2. The zero-order valence-electron chi connectivity index (χ0n) is 12.3. The number of rotatable bonds is 9. The molecule has 0 rings (SSSR count). The van der Waals surface area contributed by atoms with Crippen molar-refractivity contribution in [1.29, 1.82) is 0 Å². The Balaban J connectivity index is 4.52. The number of nitrogens with zero attached hydrogens (tertiary/aromatic N) is 1. The minimum absolute atomic E-state index is 0.00392. The largest absolute Gasteiger partial charge is 0.480 e. The number of urea groups is 1. The van der Waals surface area contributed by atoms with Crippen LogP contribution in [0.25, 0.3) is 0 Å². The van der Waals surface area contributed by atoms with Crippen LogP contribution in [0.3, 0.4) is 0 Å². The van der Waals surface area contributed by atoms with E-state index in [1.165, 1.54) is 0 Å². The SMILES string of the molecule is CCCC[C@H](NC(=O)N(CCOC)C(C)C)C(=O)O. The van der Waals surface area contributed by atoms with Gasteiger partial charge in [-0.15, -0.1) is 0 Å². The quantitative estimate of drug-likeness (QED) is 0.670. The van der Waals surface area contributed by atoms with Crippen molar-refractivity contribution in [2.24, 2.45) is 0 Å². The minimum atomic E-state index is -0.989. The third kappa shape index (κ3) is 7.00. The molecule has 1 atom stereocenters. The highest BCUT2D eigenvalue weighted by Gasteiger charge is 2.23. The van der Waals surface area contributed by atoms with Crippen molar-refractivity contribution in [3.63, 3.8) is 0 Å². The Hall–Kier alpha value is -1.30. The van der Waals surface area contributed by atoms with Crippen LogP contribution < -0.4 is 5.32 Å². The number of carbonyl (C=O) groups is 2. The standard InChI is InChI=1S/C13H26N2O4/c1-5-6-7-11(12(16)17)14-13(18)15(10(2)3)8-9-19-4/h10-11H,5-9H2,1-4H3,(H,14,18)(H,16,17)/t11-/m0/s1. The molecule has 0 bridgehead atoms. The second-order valence-electron chi connectivity index (χ2n) is 4.76. The van der Waals surface area contributed by atoms with E-state index in [2.05, 4.69) is 5.32 Å². The molecule has 0 aromatic heterocycles. The van der Waals surface area contributed by atoms with Gasteiger partial charge in [0.15, 0.2) is 0 Å². The maximum Gasteiger partial charge on any atom is 0.326 e. The molecule has 0 heterocycles. The van der Waals surface area contributed by atoms with Crippen LogP contribution in [0.2, 0.25) is 0 Å². The van der Waals surface area contributed by atoms with Gasteiger partial charge in [-0.2, -0.15) is 0 Å². The summed E-state index contributed by atoms with van der Waals surface area (Å²) in [6.07, 6.45) is 2.13. The van der Waals surface area contributed by atoms with Crippen molar-refractivity contribution < 1.29 is 19.4 Å². The summed E-state index contributed by atoms with van der Waals surface area (Å²) in [5.74, 6) is -0.989. The molecule has 0 fully saturated rings. The Morgan fingerprint density at radius 3 is 2.42 bits per heavy atom. The first-order valence-electron chi connectivity index (χ1n) is 6.72. The monoisotopic (exact) mass is 274 g/mol. The van der Waals surface area contributed by atoms with Gasteiger partial charge in [0.25, 0.3) is 0 Å². The highest BCUT2D eigenvalue weighted by Crippen LogP contribution is 2.04. The molecule has 0 aliphatic rings. The van der Waals surface area contributed by atoms with Crippen LogP contribution in [-0.2, 0) is 9.53 Å². The lowest BCUT2D eigenvalue weighted by molar-refractivity contribution is -0.139. The molecule has 19 heavy (non-hydrogen) atoms. The Bertz CT molecular complexity index is 282. The van der Waals surface area contributed by atoms with Crippen molar-refractivity contribution in [2.45, 2.75) is 52.1 Å². The first-order valence-corrected chi connectivity index (χ1v) is 6.72. The number of nitrogens with one attached hydrogen (secondary N) is 1. The summed E-state index contributed by atoms with van der Waals surface area (Å²) in [5, 5.41) is 11.7. The third-order valence-corrected chi connectivity index (χ3v) is 2.86.